The Hall–Kier alpha value is -7.73. The Morgan fingerprint density at radius 3 is 0.609 bits per heavy atom. The Bertz CT molecular complexity index is 2170. The highest BCUT2D eigenvalue weighted by Gasteiger charge is 2.42. The zero-order chi connectivity index (χ0) is 43.9. The molecule has 3 aliphatic heterocycles. The average Bonchev–Trinajstić information content (AvgIpc) is 3.36. The molecule has 0 spiro atoms. The fraction of sp³-hybridized carbons (Fsp3) is 0.160. The Morgan fingerprint density at radius 2 is 0.453 bits per heavy atom. The maximum absolute atomic E-state index is 6.75. The first kappa shape index (κ1) is 42.9. The van der Waals surface area contributed by atoms with Crippen LogP contribution in [0.5, 0.6) is 0 Å². The van der Waals surface area contributed by atoms with Gasteiger partial charge in [0.05, 0.1) is 0 Å². The summed E-state index contributed by atoms with van der Waals surface area (Å²) in [7, 11) is 0. The molecule has 0 saturated heterocycles. The molecule has 2 bridgehead atoms. The number of oxime groups is 6. The first-order valence-corrected chi connectivity index (χ1v) is 21.8. The average molecular weight is 851 g/mol. The summed E-state index contributed by atoms with van der Waals surface area (Å²) >= 11 is 0. The summed E-state index contributed by atoms with van der Waals surface area (Å²) in [5.41, 5.74) is 5.80. The molecule has 6 aromatic rings. The second-order valence-corrected chi connectivity index (χ2v) is 15.3. The molecule has 0 unspecified atom stereocenters. The first-order chi connectivity index (χ1) is 31.6. The van der Waals surface area contributed by atoms with Crippen molar-refractivity contribution in [1.82, 2.24) is 0 Å². The molecule has 64 heavy (non-hydrogen) atoms. The van der Waals surface area contributed by atoms with Crippen LogP contribution in [0.3, 0.4) is 0 Å². The second kappa shape index (κ2) is 20.9. The molecular formula is C50H48B2N6O6-2. The third kappa shape index (κ3) is 10.3. The molecule has 6 aromatic carbocycles. The number of hydrogen-bond acceptors (Lipinski definition) is 12. The number of fused-ring (bicyclic) bond motifs is 9. The van der Waals surface area contributed by atoms with Crippen molar-refractivity contribution in [2.24, 2.45) is 30.9 Å². The molecule has 0 N–H and O–H groups in total. The SMILES string of the molecule is CCCC[B-]12ON=C(c3ccccc3)/C(c3ccccc3)=N/O[B-](CCCC)(O/N=C(c3ccccc3)/C(c3ccccc3)=N/O1)O/N=C(c1ccccc1)/C(c1ccccc1)=N/O2. The van der Waals surface area contributed by atoms with Crippen LogP contribution in [0.15, 0.2) is 213 Å². The third-order valence-electron chi connectivity index (χ3n) is 10.6. The van der Waals surface area contributed by atoms with Crippen molar-refractivity contribution < 1.29 is 28.5 Å². The number of hydrogen-bond donors (Lipinski definition) is 0. The molecule has 3 heterocycles. The highest BCUT2D eigenvalue weighted by molar-refractivity contribution is 6.64. The minimum absolute atomic E-state index is 0.180. The van der Waals surface area contributed by atoms with Gasteiger partial charge in [-0.3, -0.25) is 0 Å². The number of unbranched alkanes of at least 4 members (excludes halogenated alkanes) is 2. The molecular weight excluding hydrogens is 802 g/mol. The monoisotopic (exact) mass is 850 g/mol. The quantitative estimate of drug-likeness (QED) is 0.113. The molecule has 14 heteroatoms. The predicted molar refractivity (Wildman–Crippen MR) is 255 cm³/mol. The summed E-state index contributed by atoms with van der Waals surface area (Å²) < 4.78 is 40.5. The van der Waals surface area contributed by atoms with Gasteiger partial charge in [-0.25, -0.2) is 0 Å². The summed E-state index contributed by atoms with van der Waals surface area (Å²) in [4.78, 5) is 0. The van der Waals surface area contributed by atoms with Crippen LogP contribution in [-0.4, -0.2) is 47.8 Å². The molecule has 0 aromatic heterocycles. The lowest BCUT2D eigenvalue weighted by Crippen LogP contribution is -2.45. The molecule has 3 aliphatic rings. The van der Waals surface area contributed by atoms with E-state index in [9.17, 15) is 0 Å². The van der Waals surface area contributed by atoms with Crippen LogP contribution in [0, 0.1) is 0 Å². The van der Waals surface area contributed by atoms with Gasteiger partial charge in [0.1, 0.15) is 34.3 Å². The number of rotatable bonds is 12. The van der Waals surface area contributed by atoms with Crippen molar-refractivity contribution in [2.45, 2.75) is 52.2 Å². The van der Waals surface area contributed by atoms with E-state index in [4.69, 9.17) is 59.5 Å². The molecule has 322 valence electrons. The number of nitrogens with zero attached hydrogens (tertiary/aromatic N) is 6. The van der Waals surface area contributed by atoms with Gasteiger partial charge in [0.15, 0.2) is 0 Å². The van der Waals surface area contributed by atoms with Gasteiger partial charge in [-0.1, -0.05) is 234 Å². The van der Waals surface area contributed by atoms with E-state index in [1.54, 1.807) is 0 Å². The van der Waals surface area contributed by atoms with E-state index in [2.05, 4.69) is 13.8 Å². The zero-order valence-corrected chi connectivity index (χ0v) is 35.9. The third-order valence-corrected chi connectivity index (χ3v) is 10.6. The predicted octanol–water partition coefficient (Wildman–Crippen LogP) is 11.0. The van der Waals surface area contributed by atoms with Crippen LogP contribution < -0.4 is 0 Å². The van der Waals surface area contributed by atoms with E-state index in [1.165, 1.54) is 0 Å². The molecule has 0 radical (unpaired) electrons. The maximum Gasteiger partial charge on any atom is 0.609 e. The molecule has 0 aliphatic carbocycles. The van der Waals surface area contributed by atoms with E-state index in [0.717, 1.165) is 12.8 Å². The summed E-state index contributed by atoms with van der Waals surface area (Å²) in [6.07, 6.45) is 3.03. The van der Waals surface area contributed by atoms with Crippen molar-refractivity contribution in [3.05, 3.63) is 215 Å². The summed E-state index contributed by atoms with van der Waals surface area (Å²) in [6.45, 7) is -2.00. The minimum Gasteiger partial charge on any atom is -0.539 e. The highest BCUT2D eigenvalue weighted by atomic mass is 16.9. The van der Waals surface area contributed by atoms with Crippen LogP contribution in [-0.2, 0) is 28.5 Å². The van der Waals surface area contributed by atoms with Crippen molar-refractivity contribution in [3.63, 3.8) is 0 Å². The van der Waals surface area contributed by atoms with Crippen molar-refractivity contribution in [1.29, 1.82) is 0 Å². The van der Waals surface area contributed by atoms with Gasteiger partial charge in [0, 0.05) is 33.4 Å². The molecule has 9 rings (SSSR count). The topological polar surface area (TPSA) is 130 Å². The largest absolute Gasteiger partial charge is 0.609 e. The molecule has 0 amide bonds. The van der Waals surface area contributed by atoms with Crippen molar-refractivity contribution >= 4 is 47.8 Å². The normalized spacial score (nSPS) is 23.1. The lowest BCUT2D eigenvalue weighted by molar-refractivity contribution is 0.0622. The van der Waals surface area contributed by atoms with Crippen LogP contribution in [0.2, 0.25) is 12.6 Å². The Kier molecular flexibility index (Phi) is 14.0. The van der Waals surface area contributed by atoms with Crippen LogP contribution in [0.4, 0.5) is 0 Å². The number of benzene rings is 6. The van der Waals surface area contributed by atoms with E-state index in [-0.39, 0.29) is 12.6 Å². The van der Waals surface area contributed by atoms with Crippen LogP contribution >= 0.6 is 0 Å². The Morgan fingerprint density at radius 1 is 0.281 bits per heavy atom. The van der Waals surface area contributed by atoms with E-state index in [0.29, 0.717) is 80.5 Å². The first-order valence-electron chi connectivity index (χ1n) is 21.8. The van der Waals surface area contributed by atoms with Crippen LogP contribution in [0.25, 0.3) is 0 Å². The Labute approximate surface area is 373 Å². The molecule has 0 atom stereocenters. The van der Waals surface area contributed by atoms with Gasteiger partial charge >= 0.3 is 13.5 Å². The lowest BCUT2D eigenvalue weighted by Gasteiger charge is -2.37. The van der Waals surface area contributed by atoms with E-state index in [1.807, 2.05) is 182 Å². The fourth-order valence-corrected chi connectivity index (χ4v) is 7.11. The van der Waals surface area contributed by atoms with Crippen LogP contribution in [0.1, 0.15) is 72.9 Å². The van der Waals surface area contributed by atoms with E-state index < -0.39 is 13.5 Å². The van der Waals surface area contributed by atoms with Gasteiger partial charge in [0.25, 0.3) is 0 Å². The lowest BCUT2D eigenvalue weighted by atomic mass is 9.73. The van der Waals surface area contributed by atoms with Gasteiger partial charge in [-0.2, -0.15) is 0 Å². The Balaban J connectivity index is 1.49. The highest BCUT2D eigenvalue weighted by Crippen LogP contribution is 2.28. The maximum atomic E-state index is 6.75. The van der Waals surface area contributed by atoms with Gasteiger partial charge in [-0.15, -0.1) is 30.9 Å². The molecule has 0 saturated carbocycles. The van der Waals surface area contributed by atoms with Crippen molar-refractivity contribution in [3.8, 4) is 0 Å². The van der Waals surface area contributed by atoms with Gasteiger partial charge in [0.2, 0.25) is 0 Å². The minimum atomic E-state index is -3.07. The molecule has 0 fully saturated rings. The van der Waals surface area contributed by atoms with Crippen molar-refractivity contribution in [2.75, 3.05) is 0 Å². The summed E-state index contributed by atoms with van der Waals surface area (Å²) in [5, 5.41) is 29.5. The molecule has 12 nitrogen and oxygen atoms in total. The second-order valence-electron chi connectivity index (χ2n) is 15.3. The van der Waals surface area contributed by atoms with Gasteiger partial charge < -0.3 is 28.5 Å². The summed E-state index contributed by atoms with van der Waals surface area (Å²) in [5.74, 6) is 0. The standard InChI is InChI=1S/C50H48B2N6O6/c1-3-5-37-51-59-53-45(39-25-13-7-14-26-39)48(42-31-19-10-20-32-42)56-62-52(38-6-4-2,63-57-49(43-33-21-11-22-34-43)46(54-60-51)40-27-15-8-16-28-40)64-58-50(44-35-23-12-24-36-44)47(55-61-51)41-29-17-9-18-30-41/h7-36H,3-6,37-38H2,1-2H3/q-2/b53-45+,54-46+,55-47+,56-48+,57-49+,58-50?. The fourth-order valence-electron chi connectivity index (χ4n) is 7.11. The van der Waals surface area contributed by atoms with E-state index >= 15 is 0 Å². The zero-order valence-electron chi connectivity index (χ0n) is 35.9. The van der Waals surface area contributed by atoms with Gasteiger partial charge in [-0.05, 0) is 0 Å². The smallest absolute Gasteiger partial charge is 0.539 e. The summed E-state index contributed by atoms with van der Waals surface area (Å²) in [6, 6.07) is 57.2.